The second kappa shape index (κ2) is 12.3. The number of carbonyl (C=O) groups is 2. The quantitative estimate of drug-likeness (QED) is 0.327. The van der Waals surface area contributed by atoms with Crippen molar-refractivity contribution < 1.29 is 23.8 Å². The minimum atomic E-state index is -0.397. The number of ether oxygens (including phenoxy) is 3. The second-order valence-electron chi connectivity index (χ2n) is 6.91. The Morgan fingerprint density at radius 3 is 2.53 bits per heavy atom. The van der Waals surface area contributed by atoms with Crippen molar-refractivity contribution in [3.63, 3.8) is 0 Å². The highest BCUT2D eigenvalue weighted by atomic mass is 35.5. The van der Waals surface area contributed by atoms with Crippen LogP contribution >= 0.6 is 11.6 Å². The van der Waals surface area contributed by atoms with Crippen LogP contribution in [0.5, 0.6) is 17.2 Å². The maximum atomic E-state index is 12.4. The summed E-state index contributed by atoms with van der Waals surface area (Å²) >= 11 is 5.84. The maximum Gasteiger partial charge on any atom is 0.271 e. The molecule has 0 aromatic heterocycles. The predicted octanol–water partition coefficient (Wildman–Crippen LogP) is 4.53. The fourth-order valence-electron chi connectivity index (χ4n) is 2.88. The number of amides is 2. The Morgan fingerprint density at radius 1 is 1.00 bits per heavy atom. The number of benzene rings is 3. The molecule has 9 heteroatoms. The molecule has 0 radical (unpaired) electrons. The Kier molecular flexibility index (Phi) is 8.88. The van der Waals surface area contributed by atoms with Crippen molar-refractivity contribution in [2.75, 3.05) is 25.6 Å². The largest absolute Gasteiger partial charge is 0.493 e. The van der Waals surface area contributed by atoms with Crippen LogP contribution in [0, 0.1) is 0 Å². The van der Waals surface area contributed by atoms with E-state index in [1.807, 2.05) is 6.92 Å². The van der Waals surface area contributed by atoms with Gasteiger partial charge in [0.15, 0.2) is 18.1 Å². The van der Waals surface area contributed by atoms with Crippen LogP contribution in [-0.2, 0) is 4.79 Å². The zero-order valence-electron chi connectivity index (χ0n) is 18.7. The van der Waals surface area contributed by atoms with Crippen LogP contribution in [0.15, 0.2) is 71.8 Å². The molecule has 0 saturated heterocycles. The molecule has 0 heterocycles. The number of carbonyl (C=O) groups excluding carboxylic acids is 2. The molecule has 0 aliphatic rings. The smallest absolute Gasteiger partial charge is 0.271 e. The van der Waals surface area contributed by atoms with Gasteiger partial charge in [-0.2, -0.15) is 5.10 Å². The van der Waals surface area contributed by atoms with E-state index in [1.54, 1.807) is 66.7 Å². The second-order valence-corrected chi connectivity index (χ2v) is 7.35. The lowest BCUT2D eigenvalue weighted by Gasteiger charge is -2.10. The molecule has 0 atom stereocenters. The number of hydrogen-bond donors (Lipinski definition) is 2. The average molecular weight is 482 g/mol. The summed E-state index contributed by atoms with van der Waals surface area (Å²) in [5.74, 6) is 0.802. The first-order valence-electron chi connectivity index (χ1n) is 10.4. The van der Waals surface area contributed by atoms with Crippen LogP contribution in [0.25, 0.3) is 0 Å². The van der Waals surface area contributed by atoms with E-state index in [9.17, 15) is 9.59 Å². The molecule has 0 saturated carbocycles. The van der Waals surface area contributed by atoms with Crippen molar-refractivity contribution >= 4 is 35.3 Å². The summed E-state index contributed by atoms with van der Waals surface area (Å²) in [5.41, 5.74) is 4.16. The van der Waals surface area contributed by atoms with Crippen molar-refractivity contribution in [1.82, 2.24) is 5.43 Å². The number of hydrazone groups is 1. The highest BCUT2D eigenvalue weighted by Gasteiger charge is 2.10. The van der Waals surface area contributed by atoms with Crippen molar-refractivity contribution in [2.24, 2.45) is 5.10 Å². The van der Waals surface area contributed by atoms with Crippen LogP contribution in [0.2, 0.25) is 5.02 Å². The molecule has 0 unspecified atom stereocenters. The molecule has 0 aliphatic heterocycles. The van der Waals surface area contributed by atoms with Gasteiger partial charge in [-0.05, 0) is 67.1 Å². The van der Waals surface area contributed by atoms with Gasteiger partial charge in [0.05, 0.1) is 19.9 Å². The summed E-state index contributed by atoms with van der Waals surface area (Å²) in [4.78, 5) is 24.5. The zero-order chi connectivity index (χ0) is 24.3. The molecule has 3 aromatic carbocycles. The van der Waals surface area contributed by atoms with Crippen molar-refractivity contribution in [3.05, 3.63) is 82.9 Å². The van der Waals surface area contributed by atoms with Crippen molar-refractivity contribution in [3.8, 4) is 17.2 Å². The predicted molar refractivity (Wildman–Crippen MR) is 131 cm³/mol. The molecule has 0 bridgehead atoms. The summed E-state index contributed by atoms with van der Waals surface area (Å²) in [5, 5.41) is 7.30. The molecule has 34 heavy (non-hydrogen) atoms. The van der Waals surface area contributed by atoms with Gasteiger partial charge in [-0.1, -0.05) is 23.7 Å². The molecular weight excluding hydrogens is 458 g/mol. The summed E-state index contributed by atoms with van der Waals surface area (Å²) in [6, 6.07) is 18.6. The van der Waals surface area contributed by atoms with E-state index in [0.29, 0.717) is 45.7 Å². The normalized spacial score (nSPS) is 10.6. The Balaban J connectivity index is 1.54. The molecule has 8 nitrogen and oxygen atoms in total. The Morgan fingerprint density at radius 2 is 1.79 bits per heavy atom. The van der Waals surface area contributed by atoms with Crippen molar-refractivity contribution in [1.29, 1.82) is 0 Å². The number of halogens is 1. The number of rotatable bonds is 10. The molecule has 3 rings (SSSR count). The van der Waals surface area contributed by atoms with E-state index in [2.05, 4.69) is 15.8 Å². The van der Waals surface area contributed by atoms with Crippen LogP contribution in [-0.4, -0.2) is 38.4 Å². The van der Waals surface area contributed by atoms with E-state index < -0.39 is 5.91 Å². The molecule has 0 spiro atoms. The first-order valence-corrected chi connectivity index (χ1v) is 10.8. The molecule has 0 fully saturated rings. The van der Waals surface area contributed by atoms with E-state index in [-0.39, 0.29) is 12.5 Å². The van der Waals surface area contributed by atoms with Gasteiger partial charge in [0.1, 0.15) is 5.75 Å². The third-order valence-corrected chi connectivity index (χ3v) is 4.71. The number of methoxy groups -OCH3 is 1. The van der Waals surface area contributed by atoms with Gasteiger partial charge in [-0.3, -0.25) is 9.59 Å². The molecule has 2 amide bonds. The molecule has 176 valence electrons. The number of hydrogen-bond acceptors (Lipinski definition) is 6. The van der Waals surface area contributed by atoms with Crippen LogP contribution in [0.4, 0.5) is 5.69 Å². The molecule has 2 N–H and O–H groups in total. The summed E-state index contributed by atoms with van der Waals surface area (Å²) in [7, 11) is 1.53. The monoisotopic (exact) mass is 481 g/mol. The van der Waals surface area contributed by atoms with E-state index in [1.165, 1.54) is 13.3 Å². The minimum absolute atomic E-state index is 0.167. The average Bonchev–Trinajstić information content (AvgIpc) is 2.84. The van der Waals surface area contributed by atoms with Crippen LogP contribution < -0.4 is 25.0 Å². The standard InChI is InChI=1S/C25H24ClN3O5/c1-3-33-23-14-18(7-12-22(23)32-2)25(31)29-27-15-17-5-4-6-21(13-17)34-16-24(30)28-20-10-8-19(26)9-11-20/h4-15H,3,16H2,1-2H3,(H,28,30)(H,29,31)/b27-15+. The highest BCUT2D eigenvalue weighted by Crippen LogP contribution is 2.28. The Hall–Kier alpha value is -4.04. The van der Waals surface area contributed by atoms with Crippen LogP contribution in [0.1, 0.15) is 22.8 Å². The van der Waals surface area contributed by atoms with Crippen molar-refractivity contribution in [2.45, 2.75) is 6.92 Å². The van der Waals surface area contributed by atoms with Gasteiger partial charge in [-0.25, -0.2) is 5.43 Å². The van der Waals surface area contributed by atoms with Gasteiger partial charge in [0.2, 0.25) is 0 Å². The lowest BCUT2D eigenvalue weighted by atomic mass is 10.2. The molecular formula is C25H24ClN3O5. The first kappa shape index (κ1) is 24.6. The number of nitrogens with one attached hydrogen (secondary N) is 2. The topological polar surface area (TPSA) is 98.3 Å². The van der Waals surface area contributed by atoms with Gasteiger partial charge < -0.3 is 19.5 Å². The lowest BCUT2D eigenvalue weighted by Crippen LogP contribution is -2.20. The van der Waals surface area contributed by atoms with Gasteiger partial charge in [0.25, 0.3) is 11.8 Å². The SMILES string of the molecule is CCOc1cc(C(=O)N/N=C/c2cccc(OCC(=O)Nc3ccc(Cl)cc3)c2)ccc1OC. The lowest BCUT2D eigenvalue weighted by molar-refractivity contribution is -0.118. The third-order valence-electron chi connectivity index (χ3n) is 4.46. The number of nitrogens with zero attached hydrogens (tertiary/aromatic N) is 1. The maximum absolute atomic E-state index is 12.4. The van der Waals surface area contributed by atoms with Gasteiger partial charge in [0, 0.05) is 16.3 Å². The summed E-state index contributed by atoms with van der Waals surface area (Å²) in [6.07, 6.45) is 1.48. The van der Waals surface area contributed by atoms with Gasteiger partial charge >= 0.3 is 0 Å². The highest BCUT2D eigenvalue weighted by molar-refractivity contribution is 6.30. The van der Waals surface area contributed by atoms with Gasteiger partial charge in [-0.15, -0.1) is 0 Å². The summed E-state index contributed by atoms with van der Waals surface area (Å²) in [6.45, 7) is 2.13. The van der Waals surface area contributed by atoms with Crippen LogP contribution in [0.3, 0.4) is 0 Å². The van der Waals surface area contributed by atoms with E-state index in [0.717, 1.165) is 0 Å². The summed E-state index contributed by atoms with van der Waals surface area (Å²) < 4.78 is 16.3. The fraction of sp³-hybridized carbons (Fsp3) is 0.160. The Bertz CT molecular complexity index is 1170. The third kappa shape index (κ3) is 7.25. The van der Waals surface area contributed by atoms with E-state index in [4.69, 9.17) is 25.8 Å². The number of anilines is 1. The zero-order valence-corrected chi connectivity index (χ0v) is 19.5. The first-order chi connectivity index (χ1) is 16.5. The molecule has 0 aliphatic carbocycles. The molecule has 3 aromatic rings. The Labute approximate surface area is 202 Å². The van der Waals surface area contributed by atoms with E-state index >= 15 is 0 Å². The fourth-order valence-corrected chi connectivity index (χ4v) is 3.01. The minimum Gasteiger partial charge on any atom is -0.493 e.